The maximum Gasteiger partial charge on any atom is 0.273 e. The molecule has 1 atom stereocenters. The number of aromatic nitrogens is 1. The zero-order valence-corrected chi connectivity index (χ0v) is 12.9. The molecule has 0 bridgehead atoms. The van der Waals surface area contributed by atoms with Gasteiger partial charge in [-0.1, -0.05) is 25.1 Å². The molecule has 0 aliphatic carbocycles. The van der Waals surface area contributed by atoms with Crippen LogP contribution in [-0.4, -0.2) is 17.1 Å². The third kappa shape index (κ3) is 3.93. The van der Waals surface area contributed by atoms with Crippen LogP contribution in [0.15, 0.2) is 28.1 Å². The molecule has 0 spiro atoms. The van der Waals surface area contributed by atoms with Gasteiger partial charge in [-0.15, -0.1) is 11.3 Å². The molecule has 5 heteroatoms. The van der Waals surface area contributed by atoms with Crippen LogP contribution in [0.1, 0.15) is 44.1 Å². The van der Waals surface area contributed by atoms with Crippen LogP contribution in [0.3, 0.4) is 0 Å². The second-order valence-electron chi connectivity index (χ2n) is 5.40. The van der Waals surface area contributed by atoms with Crippen LogP contribution in [0.4, 0.5) is 0 Å². The number of nitrogens with zero attached hydrogens (tertiary/aromatic N) is 1. The molecule has 2 heterocycles. The van der Waals surface area contributed by atoms with Crippen molar-refractivity contribution in [1.29, 1.82) is 0 Å². The van der Waals surface area contributed by atoms with E-state index in [1.54, 1.807) is 17.4 Å². The number of amides is 1. The van der Waals surface area contributed by atoms with E-state index >= 15 is 0 Å². The minimum absolute atomic E-state index is 0.145. The van der Waals surface area contributed by atoms with Gasteiger partial charge in [0.2, 0.25) is 0 Å². The standard InChI is InChI=1S/C15H20N2O2S/c1-10(2)6-7-11(3)16-15(18)12-9-13(19-17-12)14-5-4-8-20-14/h4-5,8-11H,6-7H2,1-3H3,(H,16,18). The second-order valence-corrected chi connectivity index (χ2v) is 6.35. The van der Waals surface area contributed by atoms with Crippen LogP contribution >= 0.6 is 11.3 Å². The van der Waals surface area contributed by atoms with E-state index in [2.05, 4.69) is 24.3 Å². The Morgan fingerprint density at radius 1 is 1.40 bits per heavy atom. The summed E-state index contributed by atoms with van der Waals surface area (Å²) >= 11 is 1.56. The number of hydrogen-bond acceptors (Lipinski definition) is 4. The Morgan fingerprint density at radius 3 is 2.85 bits per heavy atom. The quantitative estimate of drug-likeness (QED) is 0.876. The Kier molecular flexibility index (Phi) is 4.95. The van der Waals surface area contributed by atoms with Crippen molar-refractivity contribution in [3.8, 4) is 10.6 Å². The lowest BCUT2D eigenvalue weighted by molar-refractivity contribution is 0.0928. The third-order valence-corrected chi connectivity index (χ3v) is 3.95. The van der Waals surface area contributed by atoms with Crippen molar-refractivity contribution < 1.29 is 9.32 Å². The highest BCUT2D eigenvalue weighted by Crippen LogP contribution is 2.25. The molecule has 20 heavy (non-hydrogen) atoms. The van der Waals surface area contributed by atoms with E-state index in [0.717, 1.165) is 17.7 Å². The molecule has 2 aromatic heterocycles. The molecule has 1 N–H and O–H groups in total. The van der Waals surface area contributed by atoms with Crippen molar-refractivity contribution in [2.24, 2.45) is 5.92 Å². The fourth-order valence-electron chi connectivity index (χ4n) is 1.87. The van der Waals surface area contributed by atoms with Crippen LogP contribution in [0.2, 0.25) is 0 Å². The summed E-state index contributed by atoms with van der Waals surface area (Å²) in [7, 11) is 0. The molecule has 2 aromatic rings. The average molecular weight is 292 g/mol. The number of nitrogens with one attached hydrogen (secondary N) is 1. The highest BCUT2D eigenvalue weighted by molar-refractivity contribution is 7.13. The Hall–Kier alpha value is -1.62. The molecule has 0 radical (unpaired) electrons. The van der Waals surface area contributed by atoms with Gasteiger partial charge in [0.1, 0.15) is 0 Å². The second kappa shape index (κ2) is 6.70. The van der Waals surface area contributed by atoms with E-state index < -0.39 is 0 Å². The van der Waals surface area contributed by atoms with E-state index in [4.69, 9.17) is 4.52 Å². The van der Waals surface area contributed by atoms with Crippen molar-refractivity contribution in [2.75, 3.05) is 0 Å². The first-order valence-corrected chi connectivity index (χ1v) is 7.75. The molecular formula is C15H20N2O2S. The zero-order valence-electron chi connectivity index (χ0n) is 12.1. The SMILES string of the molecule is CC(C)CCC(C)NC(=O)c1cc(-c2cccs2)on1. The van der Waals surface area contributed by atoms with Gasteiger partial charge in [0.25, 0.3) is 5.91 Å². The van der Waals surface area contributed by atoms with E-state index in [9.17, 15) is 4.79 Å². The predicted molar refractivity (Wildman–Crippen MR) is 80.8 cm³/mol. The molecule has 0 aliphatic heterocycles. The van der Waals surface area contributed by atoms with E-state index in [1.807, 2.05) is 24.4 Å². The average Bonchev–Trinajstić information content (AvgIpc) is 3.06. The van der Waals surface area contributed by atoms with Gasteiger partial charge in [-0.2, -0.15) is 0 Å². The van der Waals surface area contributed by atoms with Crippen molar-refractivity contribution in [3.05, 3.63) is 29.3 Å². The first kappa shape index (κ1) is 14.8. The number of carbonyl (C=O) groups is 1. The van der Waals surface area contributed by atoms with Crippen LogP contribution in [0.5, 0.6) is 0 Å². The molecule has 1 unspecified atom stereocenters. The number of carbonyl (C=O) groups excluding carboxylic acids is 1. The lowest BCUT2D eigenvalue weighted by atomic mass is 10.0. The first-order valence-electron chi connectivity index (χ1n) is 6.87. The summed E-state index contributed by atoms with van der Waals surface area (Å²) in [6, 6.07) is 5.72. The third-order valence-electron chi connectivity index (χ3n) is 3.06. The summed E-state index contributed by atoms with van der Waals surface area (Å²) in [5, 5.41) is 8.76. The molecule has 2 rings (SSSR count). The van der Waals surface area contributed by atoms with Crippen LogP contribution in [0, 0.1) is 5.92 Å². The summed E-state index contributed by atoms with van der Waals surface area (Å²) in [6.07, 6.45) is 2.07. The number of rotatable bonds is 6. The van der Waals surface area contributed by atoms with Gasteiger partial charge in [-0.25, -0.2) is 0 Å². The van der Waals surface area contributed by atoms with Gasteiger partial charge in [0, 0.05) is 12.1 Å². The molecule has 108 valence electrons. The van der Waals surface area contributed by atoms with Gasteiger partial charge in [0.15, 0.2) is 11.5 Å². The fraction of sp³-hybridized carbons (Fsp3) is 0.467. The minimum atomic E-state index is -0.173. The van der Waals surface area contributed by atoms with Crippen molar-refractivity contribution in [1.82, 2.24) is 10.5 Å². The van der Waals surface area contributed by atoms with Gasteiger partial charge in [-0.3, -0.25) is 4.79 Å². The molecule has 0 fully saturated rings. The molecular weight excluding hydrogens is 272 g/mol. The summed E-state index contributed by atoms with van der Waals surface area (Å²) in [4.78, 5) is 13.0. The maximum atomic E-state index is 12.1. The summed E-state index contributed by atoms with van der Waals surface area (Å²) < 4.78 is 5.21. The van der Waals surface area contributed by atoms with Crippen LogP contribution < -0.4 is 5.32 Å². The van der Waals surface area contributed by atoms with Crippen LogP contribution in [-0.2, 0) is 0 Å². The van der Waals surface area contributed by atoms with Crippen molar-refractivity contribution in [2.45, 2.75) is 39.7 Å². The number of hydrogen-bond donors (Lipinski definition) is 1. The van der Waals surface area contributed by atoms with Gasteiger partial charge in [-0.05, 0) is 37.1 Å². The van der Waals surface area contributed by atoms with E-state index in [1.165, 1.54) is 0 Å². The maximum absolute atomic E-state index is 12.1. The van der Waals surface area contributed by atoms with Gasteiger partial charge >= 0.3 is 0 Å². The highest BCUT2D eigenvalue weighted by atomic mass is 32.1. The normalized spacial score (nSPS) is 12.6. The Morgan fingerprint density at radius 2 is 2.20 bits per heavy atom. The molecule has 1 amide bonds. The largest absolute Gasteiger partial charge is 0.355 e. The van der Waals surface area contributed by atoms with Crippen molar-refractivity contribution >= 4 is 17.2 Å². The molecule has 4 nitrogen and oxygen atoms in total. The summed E-state index contributed by atoms with van der Waals surface area (Å²) in [5.74, 6) is 1.11. The van der Waals surface area contributed by atoms with Gasteiger partial charge < -0.3 is 9.84 Å². The smallest absolute Gasteiger partial charge is 0.273 e. The van der Waals surface area contributed by atoms with E-state index in [-0.39, 0.29) is 11.9 Å². The monoisotopic (exact) mass is 292 g/mol. The number of thiophene rings is 1. The van der Waals surface area contributed by atoms with Crippen molar-refractivity contribution in [3.63, 3.8) is 0 Å². The summed E-state index contributed by atoms with van der Waals surface area (Å²) in [5.41, 5.74) is 0.338. The minimum Gasteiger partial charge on any atom is -0.355 e. The van der Waals surface area contributed by atoms with Crippen LogP contribution in [0.25, 0.3) is 10.6 Å². The molecule has 0 saturated heterocycles. The zero-order chi connectivity index (χ0) is 14.5. The lowest BCUT2D eigenvalue weighted by Gasteiger charge is -2.13. The lowest BCUT2D eigenvalue weighted by Crippen LogP contribution is -2.32. The molecule has 0 aromatic carbocycles. The Balaban J connectivity index is 1.93. The summed E-state index contributed by atoms with van der Waals surface area (Å²) in [6.45, 7) is 6.37. The molecule has 0 aliphatic rings. The fourth-order valence-corrected chi connectivity index (χ4v) is 2.54. The molecule has 0 saturated carbocycles. The Labute approximate surface area is 123 Å². The predicted octanol–water partition coefficient (Wildman–Crippen LogP) is 3.96. The first-order chi connectivity index (χ1) is 9.56. The Bertz CT molecular complexity index is 546. The van der Waals surface area contributed by atoms with Gasteiger partial charge in [0.05, 0.1) is 4.88 Å². The highest BCUT2D eigenvalue weighted by Gasteiger charge is 2.16. The topological polar surface area (TPSA) is 55.1 Å². The van der Waals surface area contributed by atoms with E-state index in [0.29, 0.717) is 17.4 Å².